The smallest absolute Gasteiger partial charge is 0.0776 e. The standard InChI is InChI=1S/C13H27NO3/c1-12(15-4)9-17-11-13(2,3)10-14-5-7-16-8-6-14/h12H,5-11H2,1-4H3. The Balaban J connectivity index is 2.19. The van der Waals surface area contributed by atoms with Crippen molar-refractivity contribution in [3.05, 3.63) is 0 Å². The van der Waals surface area contributed by atoms with Crippen LogP contribution in [0.1, 0.15) is 20.8 Å². The fourth-order valence-corrected chi connectivity index (χ4v) is 1.98. The SMILES string of the molecule is COC(C)COCC(C)(C)CN1CCOCC1. The molecule has 0 amide bonds. The van der Waals surface area contributed by atoms with E-state index in [1.165, 1.54) is 0 Å². The van der Waals surface area contributed by atoms with Crippen LogP contribution < -0.4 is 0 Å². The number of ether oxygens (including phenoxy) is 3. The minimum Gasteiger partial charge on any atom is -0.379 e. The van der Waals surface area contributed by atoms with E-state index in [-0.39, 0.29) is 11.5 Å². The Kier molecular flexibility index (Phi) is 6.41. The molecule has 0 N–H and O–H groups in total. The summed E-state index contributed by atoms with van der Waals surface area (Å²) in [4.78, 5) is 2.45. The van der Waals surface area contributed by atoms with Crippen molar-refractivity contribution in [1.82, 2.24) is 4.90 Å². The molecule has 0 radical (unpaired) electrons. The van der Waals surface area contributed by atoms with Crippen molar-refractivity contribution in [3.8, 4) is 0 Å². The molecule has 1 rings (SSSR count). The van der Waals surface area contributed by atoms with Gasteiger partial charge in [-0.05, 0) is 6.92 Å². The number of methoxy groups -OCH3 is 1. The Labute approximate surface area is 105 Å². The van der Waals surface area contributed by atoms with Gasteiger partial charge in [0.2, 0.25) is 0 Å². The molecule has 4 heteroatoms. The first-order valence-electron chi connectivity index (χ1n) is 6.44. The molecule has 1 aliphatic heterocycles. The molecular formula is C13H27NO3. The van der Waals surface area contributed by atoms with Gasteiger partial charge in [0.15, 0.2) is 0 Å². The average Bonchev–Trinajstić information content (AvgIpc) is 2.29. The highest BCUT2D eigenvalue weighted by atomic mass is 16.5. The average molecular weight is 245 g/mol. The third-order valence-corrected chi connectivity index (χ3v) is 3.00. The highest BCUT2D eigenvalue weighted by Crippen LogP contribution is 2.18. The lowest BCUT2D eigenvalue weighted by Crippen LogP contribution is -2.43. The molecule has 0 aliphatic carbocycles. The molecule has 0 aromatic carbocycles. The van der Waals surface area contributed by atoms with Crippen LogP contribution in [0.2, 0.25) is 0 Å². The number of rotatable bonds is 7. The normalized spacial score (nSPS) is 20.5. The molecule has 4 nitrogen and oxygen atoms in total. The van der Waals surface area contributed by atoms with E-state index in [1.807, 2.05) is 6.92 Å². The first-order chi connectivity index (χ1) is 8.03. The van der Waals surface area contributed by atoms with Gasteiger partial charge in [0.25, 0.3) is 0 Å². The number of nitrogens with zero attached hydrogens (tertiary/aromatic N) is 1. The Hall–Kier alpha value is -0.160. The van der Waals surface area contributed by atoms with Crippen LogP contribution in [0.15, 0.2) is 0 Å². The van der Waals surface area contributed by atoms with Crippen LogP contribution in [0.4, 0.5) is 0 Å². The van der Waals surface area contributed by atoms with E-state index in [9.17, 15) is 0 Å². The summed E-state index contributed by atoms with van der Waals surface area (Å²) < 4.78 is 16.2. The zero-order chi connectivity index (χ0) is 12.7. The molecule has 17 heavy (non-hydrogen) atoms. The van der Waals surface area contributed by atoms with Crippen LogP contribution in [0, 0.1) is 5.41 Å². The van der Waals surface area contributed by atoms with E-state index >= 15 is 0 Å². The summed E-state index contributed by atoms with van der Waals surface area (Å²) in [6.45, 7) is 12.8. The van der Waals surface area contributed by atoms with Crippen molar-refractivity contribution in [2.45, 2.75) is 26.9 Å². The van der Waals surface area contributed by atoms with E-state index in [1.54, 1.807) is 7.11 Å². The molecule has 0 bridgehead atoms. The van der Waals surface area contributed by atoms with Crippen LogP contribution in [-0.4, -0.2) is 64.2 Å². The number of hydrogen-bond donors (Lipinski definition) is 0. The van der Waals surface area contributed by atoms with Gasteiger partial charge in [0.05, 0.1) is 32.5 Å². The van der Waals surface area contributed by atoms with Crippen LogP contribution >= 0.6 is 0 Å². The van der Waals surface area contributed by atoms with Crippen molar-refractivity contribution < 1.29 is 14.2 Å². The minimum absolute atomic E-state index is 0.175. The van der Waals surface area contributed by atoms with Gasteiger partial charge >= 0.3 is 0 Å². The Morgan fingerprint density at radius 1 is 1.29 bits per heavy atom. The summed E-state index contributed by atoms with van der Waals surface area (Å²) in [6, 6.07) is 0. The summed E-state index contributed by atoms with van der Waals surface area (Å²) in [6.07, 6.45) is 0.175. The van der Waals surface area contributed by atoms with Crippen LogP contribution in [0.5, 0.6) is 0 Å². The summed E-state index contributed by atoms with van der Waals surface area (Å²) in [5.74, 6) is 0. The van der Waals surface area contributed by atoms with Gasteiger partial charge in [0, 0.05) is 32.2 Å². The fourth-order valence-electron chi connectivity index (χ4n) is 1.98. The third-order valence-electron chi connectivity index (χ3n) is 3.00. The molecule has 1 fully saturated rings. The molecule has 102 valence electrons. The van der Waals surface area contributed by atoms with Gasteiger partial charge < -0.3 is 14.2 Å². The van der Waals surface area contributed by atoms with Crippen LogP contribution in [-0.2, 0) is 14.2 Å². The van der Waals surface area contributed by atoms with Crippen molar-refractivity contribution in [3.63, 3.8) is 0 Å². The van der Waals surface area contributed by atoms with Crippen LogP contribution in [0.25, 0.3) is 0 Å². The second kappa shape index (κ2) is 7.31. The first kappa shape index (κ1) is 14.9. The molecule has 1 aliphatic rings. The van der Waals surface area contributed by atoms with Crippen molar-refractivity contribution in [2.24, 2.45) is 5.41 Å². The number of morpholine rings is 1. The highest BCUT2D eigenvalue weighted by Gasteiger charge is 2.23. The summed E-state index contributed by atoms with van der Waals surface area (Å²) >= 11 is 0. The zero-order valence-electron chi connectivity index (χ0n) is 11.7. The van der Waals surface area contributed by atoms with Gasteiger partial charge in [-0.2, -0.15) is 0 Å². The lowest BCUT2D eigenvalue weighted by atomic mass is 9.94. The monoisotopic (exact) mass is 245 g/mol. The molecule has 1 unspecified atom stereocenters. The molecule has 0 aromatic rings. The second-order valence-corrected chi connectivity index (χ2v) is 5.61. The molecular weight excluding hydrogens is 218 g/mol. The first-order valence-corrected chi connectivity index (χ1v) is 6.44. The molecule has 0 saturated carbocycles. The van der Waals surface area contributed by atoms with Gasteiger partial charge in [-0.1, -0.05) is 13.8 Å². The zero-order valence-corrected chi connectivity index (χ0v) is 11.7. The maximum absolute atomic E-state index is 5.71. The molecule has 0 aromatic heterocycles. The lowest BCUT2D eigenvalue weighted by molar-refractivity contribution is -0.0295. The van der Waals surface area contributed by atoms with E-state index in [2.05, 4.69) is 18.7 Å². The highest BCUT2D eigenvalue weighted by molar-refractivity contribution is 4.75. The van der Waals surface area contributed by atoms with Crippen molar-refractivity contribution >= 4 is 0 Å². The quantitative estimate of drug-likeness (QED) is 0.678. The Bertz CT molecular complexity index is 203. The number of hydrogen-bond acceptors (Lipinski definition) is 4. The van der Waals surface area contributed by atoms with Gasteiger partial charge in [-0.15, -0.1) is 0 Å². The molecule has 1 heterocycles. The Morgan fingerprint density at radius 3 is 2.53 bits per heavy atom. The summed E-state index contributed by atoms with van der Waals surface area (Å²) in [5, 5.41) is 0. The molecule has 1 atom stereocenters. The largest absolute Gasteiger partial charge is 0.379 e. The topological polar surface area (TPSA) is 30.9 Å². The van der Waals surface area contributed by atoms with E-state index in [4.69, 9.17) is 14.2 Å². The minimum atomic E-state index is 0.175. The molecule has 1 saturated heterocycles. The van der Waals surface area contributed by atoms with Crippen molar-refractivity contribution in [2.75, 3.05) is 53.2 Å². The van der Waals surface area contributed by atoms with E-state index < -0.39 is 0 Å². The molecule has 0 spiro atoms. The Morgan fingerprint density at radius 2 is 1.94 bits per heavy atom. The second-order valence-electron chi connectivity index (χ2n) is 5.61. The lowest BCUT2D eigenvalue weighted by Gasteiger charge is -2.34. The summed E-state index contributed by atoms with van der Waals surface area (Å²) in [5.41, 5.74) is 0.185. The maximum atomic E-state index is 5.71. The van der Waals surface area contributed by atoms with Gasteiger partial charge in [0.1, 0.15) is 0 Å². The third kappa shape index (κ3) is 6.36. The maximum Gasteiger partial charge on any atom is 0.0776 e. The predicted octanol–water partition coefficient (Wildman–Crippen LogP) is 1.40. The van der Waals surface area contributed by atoms with Crippen molar-refractivity contribution in [1.29, 1.82) is 0 Å². The summed E-state index contributed by atoms with van der Waals surface area (Å²) in [7, 11) is 1.72. The van der Waals surface area contributed by atoms with E-state index in [0.717, 1.165) is 39.5 Å². The fraction of sp³-hybridized carbons (Fsp3) is 1.00. The van der Waals surface area contributed by atoms with E-state index in [0.29, 0.717) is 6.61 Å². The predicted molar refractivity (Wildman–Crippen MR) is 68.3 cm³/mol. The van der Waals surface area contributed by atoms with Crippen LogP contribution in [0.3, 0.4) is 0 Å². The van der Waals surface area contributed by atoms with Gasteiger partial charge in [-0.25, -0.2) is 0 Å². The van der Waals surface area contributed by atoms with Gasteiger partial charge in [-0.3, -0.25) is 4.90 Å².